The molecule has 0 aliphatic carbocycles. The molecule has 0 radical (unpaired) electrons. The van der Waals surface area contributed by atoms with E-state index in [1.165, 1.54) is 0 Å². The summed E-state index contributed by atoms with van der Waals surface area (Å²) < 4.78 is 61.0. The van der Waals surface area contributed by atoms with Crippen molar-refractivity contribution in [2.75, 3.05) is 25.4 Å². The summed E-state index contributed by atoms with van der Waals surface area (Å²) in [5, 5.41) is 8.53. The highest BCUT2D eigenvalue weighted by Crippen LogP contribution is 2.33. The van der Waals surface area contributed by atoms with Gasteiger partial charge in [-0.15, -0.1) is 0 Å². The maximum absolute atomic E-state index is 12.4. The van der Waals surface area contributed by atoms with Crippen LogP contribution in [0, 0.1) is 5.92 Å². The second-order valence-electron chi connectivity index (χ2n) is 3.78. The van der Waals surface area contributed by atoms with E-state index in [1.54, 1.807) is 0 Å². The molecule has 1 aliphatic rings. The van der Waals surface area contributed by atoms with E-state index in [9.17, 15) is 21.6 Å². The van der Waals surface area contributed by atoms with E-state index in [2.05, 4.69) is 0 Å². The van der Waals surface area contributed by atoms with E-state index in [-0.39, 0.29) is 19.4 Å². The van der Waals surface area contributed by atoms with Gasteiger partial charge in [0, 0.05) is 13.1 Å². The number of nitrogens with zero attached hydrogens (tertiary/aromatic N) is 1. The lowest BCUT2D eigenvalue weighted by molar-refractivity contribution is -0.182. The average molecular weight is 261 g/mol. The highest BCUT2D eigenvalue weighted by atomic mass is 32.2. The van der Waals surface area contributed by atoms with Gasteiger partial charge in [-0.05, 0) is 12.8 Å². The smallest absolute Gasteiger partial charge is 0.393 e. The molecule has 1 fully saturated rings. The molecule has 96 valence electrons. The monoisotopic (exact) mass is 261 g/mol. The number of aliphatic hydroxyl groups excluding tert-OH is 1. The zero-order valence-electron chi connectivity index (χ0n) is 8.57. The molecule has 1 saturated heterocycles. The van der Waals surface area contributed by atoms with Gasteiger partial charge < -0.3 is 5.11 Å². The minimum absolute atomic E-state index is 0.0331. The number of halogens is 3. The molecule has 1 unspecified atom stereocenters. The van der Waals surface area contributed by atoms with Crippen molar-refractivity contribution in [1.29, 1.82) is 0 Å². The van der Waals surface area contributed by atoms with Crippen LogP contribution in [0.15, 0.2) is 0 Å². The Balaban J connectivity index is 2.71. The van der Waals surface area contributed by atoms with Crippen LogP contribution in [0.1, 0.15) is 12.8 Å². The quantitative estimate of drug-likeness (QED) is 0.808. The van der Waals surface area contributed by atoms with Gasteiger partial charge in [0.15, 0.2) is 0 Å². The summed E-state index contributed by atoms with van der Waals surface area (Å²) >= 11 is 0. The van der Waals surface area contributed by atoms with Crippen molar-refractivity contribution in [1.82, 2.24) is 4.31 Å². The Morgan fingerprint density at radius 1 is 1.38 bits per heavy atom. The van der Waals surface area contributed by atoms with E-state index in [0.717, 1.165) is 4.31 Å². The van der Waals surface area contributed by atoms with Gasteiger partial charge in [0.25, 0.3) is 0 Å². The van der Waals surface area contributed by atoms with Crippen molar-refractivity contribution in [2.45, 2.75) is 19.0 Å². The van der Waals surface area contributed by atoms with Crippen LogP contribution >= 0.6 is 0 Å². The van der Waals surface area contributed by atoms with Crippen LogP contribution in [0.5, 0.6) is 0 Å². The van der Waals surface area contributed by atoms with Gasteiger partial charge >= 0.3 is 6.18 Å². The lowest BCUT2D eigenvalue weighted by Crippen LogP contribution is -2.45. The molecule has 1 rings (SSSR count). The lowest BCUT2D eigenvalue weighted by Gasteiger charge is -2.32. The van der Waals surface area contributed by atoms with Crippen LogP contribution in [0.3, 0.4) is 0 Å². The van der Waals surface area contributed by atoms with Gasteiger partial charge in [0.1, 0.15) is 0 Å². The molecule has 4 nitrogen and oxygen atoms in total. The van der Waals surface area contributed by atoms with E-state index in [1.807, 2.05) is 0 Å². The van der Waals surface area contributed by atoms with Crippen LogP contribution in [0.25, 0.3) is 0 Å². The molecule has 0 aromatic heterocycles. The molecule has 1 aliphatic heterocycles. The third-order valence-electron chi connectivity index (χ3n) is 2.59. The highest BCUT2D eigenvalue weighted by Gasteiger charge is 2.43. The fourth-order valence-electron chi connectivity index (χ4n) is 1.71. The summed E-state index contributed by atoms with van der Waals surface area (Å²) in [6.45, 7) is -0.990. The number of piperidine rings is 1. The third kappa shape index (κ3) is 3.33. The van der Waals surface area contributed by atoms with E-state index in [0.29, 0.717) is 0 Å². The first-order valence-corrected chi connectivity index (χ1v) is 6.53. The second-order valence-corrected chi connectivity index (χ2v) is 5.87. The number of rotatable bonds is 3. The largest absolute Gasteiger partial charge is 0.395 e. The first-order chi connectivity index (χ1) is 7.27. The molecule has 0 aromatic rings. The fraction of sp³-hybridized carbons (Fsp3) is 1.00. The Hall–Kier alpha value is -0.340. The van der Waals surface area contributed by atoms with Crippen LogP contribution < -0.4 is 0 Å². The van der Waals surface area contributed by atoms with Crippen LogP contribution in [0.4, 0.5) is 13.2 Å². The maximum Gasteiger partial charge on any atom is 0.393 e. The number of sulfonamides is 1. The molecule has 1 heterocycles. The summed E-state index contributed by atoms with van der Waals surface area (Å²) in [6.07, 6.45) is -4.18. The van der Waals surface area contributed by atoms with Gasteiger partial charge in [0.2, 0.25) is 10.0 Å². The first kappa shape index (κ1) is 13.7. The number of aliphatic hydroxyl groups is 1. The Bertz CT molecular complexity index is 328. The van der Waals surface area contributed by atoms with Crippen molar-refractivity contribution in [3.8, 4) is 0 Å². The molecule has 0 bridgehead atoms. The number of hydrogen-bond donors (Lipinski definition) is 1. The van der Waals surface area contributed by atoms with Crippen LogP contribution in [0.2, 0.25) is 0 Å². The van der Waals surface area contributed by atoms with Crippen molar-refractivity contribution in [2.24, 2.45) is 5.92 Å². The molecule has 1 atom stereocenters. The molecule has 0 saturated carbocycles. The molecule has 8 heteroatoms. The molecular weight excluding hydrogens is 247 g/mol. The first-order valence-electron chi connectivity index (χ1n) is 4.93. The highest BCUT2D eigenvalue weighted by molar-refractivity contribution is 7.89. The standard InChI is InChI=1S/C8H14F3NO3S/c9-8(10,11)7-2-1-3-12(6-7)16(14,15)5-4-13/h7,13H,1-6H2. The topological polar surface area (TPSA) is 57.6 Å². The second kappa shape index (κ2) is 4.89. The molecular formula is C8H14F3NO3S. The van der Waals surface area contributed by atoms with Gasteiger partial charge in [-0.1, -0.05) is 0 Å². The minimum Gasteiger partial charge on any atom is -0.395 e. The maximum atomic E-state index is 12.4. The van der Waals surface area contributed by atoms with Crippen LogP contribution in [-0.4, -0.2) is 49.5 Å². The van der Waals surface area contributed by atoms with Gasteiger partial charge in [0.05, 0.1) is 18.3 Å². The van der Waals surface area contributed by atoms with Gasteiger partial charge in [-0.2, -0.15) is 13.2 Å². The Morgan fingerprint density at radius 3 is 2.50 bits per heavy atom. The average Bonchev–Trinajstić information content (AvgIpc) is 2.16. The Morgan fingerprint density at radius 2 is 2.00 bits per heavy atom. The Labute approximate surface area is 92.1 Å². The lowest BCUT2D eigenvalue weighted by atomic mass is 9.99. The predicted molar refractivity (Wildman–Crippen MR) is 51.2 cm³/mol. The van der Waals surface area contributed by atoms with Crippen molar-refractivity contribution in [3.63, 3.8) is 0 Å². The van der Waals surface area contributed by atoms with Crippen molar-refractivity contribution in [3.05, 3.63) is 0 Å². The van der Waals surface area contributed by atoms with Crippen LogP contribution in [-0.2, 0) is 10.0 Å². The van der Waals surface area contributed by atoms with Crippen molar-refractivity contribution >= 4 is 10.0 Å². The molecule has 0 spiro atoms. The summed E-state index contributed by atoms with van der Waals surface area (Å²) in [5.41, 5.74) is 0. The predicted octanol–water partition coefficient (Wildman–Crippen LogP) is 0.583. The normalized spacial score (nSPS) is 24.6. The Kier molecular flexibility index (Phi) is 4.19. The molecule has 0 aromatic carbocycles. The molecule has 16 heavy (non-hydrogen) atoms. The van der Waals surface area contributed by atoms with Gasteiger partial charge in [-0.3, -0.25) is 0 Å². The fourth-order valence-corrected chi connectivity index (χ4v) is 3.01. The zero-order valence-corrected chi connectivity index (χ0v) is 9.39. The number of alkyl halides is 3. The molecule has 1 N–H and O–H groups in total. The summed E-state index contributed by atoms with van der Waals surface area (Å²) in [4.78, 5) is 0. The number of hydrogen-bond acceptors (Lipinski definition) is 3. The van der Waals surface area contributed by atoms with E-state index in [4.69, 9.17) is 5.11 Å². The van der Waals surface area contributed by atoms with E-state index >= 15 is 0 Å². The molecule has 0 amide bonds. The zero-order chi connectivity index (χ0) is 12.4. The SMILES string of the molecule is O=S(=O)(CCO)N1CCCC(C(F)(F)F)C1. The third-order valence-corrected chi connectivity index (χ3v) is 4.41. The summed E-state index contributed by atoms with van der Waals surface area (Å²) in [5.74, 6) is -2.10. The van der Waals surface area contributed by atoms with Gasteiger partial charge in [-0.25, -0.2) is 12.7 Å². The summed E-state index contributed by atoms with van der Waals surface area (Å²) in [7, 11) is -3.74. The van der Waals surface area contributed by atoms with E-state index < -0.39 is 41.0 Å². The van der Waals surface area contributed by atoms with Crippen molar-refractivity contribution < 1.29 is 26.7 Å². The minimum atomic E-state index is -4.35. The summed E-state index contributed by atoms with van der Waals surface area (Å²) in [6, 6.07) is 0.